The van der Waals surface area contributed by atoms with Gasteiger partial charge >= 0.3 is 0 Å². The molecule has 22 heavy (non-hydrogen) atoms. The maximum Gasteiger partial charge on any atom is 0.264 e. The molecule has 4 nitrogen and oxygen atoms in total. The van der Waals surface area contributed by atoms with E-state index in [-0.39, 0.29) is 11.1 Å². The maximum absolute atomic E-state index is 11.8. The number of amidine groups is 1. The summed E-state index contributed by atoms with van der Waals surface area (Å²) < 4.78 is 3.37. The number of rotatable bonds is 2. The van der Waals surface area contributed by atoms with Gasteiger partial charge < -0.3 is 9.88 Å². The number of hydrogen-bond acceptors (Lipinski definition) is 3. The quantitative estimate of drug-likeness (QED) is 0.570. The Morgan fingerprint density at radius 1 is 1.27 bits per heavy atom. The highest BCUT2D eigenvalue weighted by Gasteiger charge is 2.23. The summed E-state index contributed by atoms with van der Waals surface area (Å²) in [5.41, 5.74) is 4.31. The topological polar surface area (TPSA) is 57.9 Å². The minimum Gasteiger partial charge on any atom is -0.318 e. The summed E-state index contributed by atoms with van der Waals surface area (Å²) in [5.74, 6) is -0.200. The van der Waals surface area contributed by atoms with Crippen molar-refractivity contribution >= 4 is 51.5 Å². The van der Waals surface area contributed by atoms with E-state index in [2.05, 4.69) is 69.7 Å². The molecule has 1 saturated heterocycles. The van der Waals surface area contributed by atoms with Crippen molar-refractivity contribution in [2.75, 3.05) is 0 Å². The molecule has 112 valence electrons. The molecule has 0 saturated carbocycles. The second kappa shape index (κ2) is 5.92. The summed E-state index contributed by atoms with van der Waals surface area (Å²) in [6.45, 7) is 4.09. The zero-order valence-electron chi connectivity index (χ0n) is 12.1. The van der Waals surface area contributed by atoms with Gasteiger partial charge in [-0.25, -0.2) is 0 Å². The molecule has 0 bridgehead atoms. The predicted molar refractivity (Wildman–Crippen MR) is 99.4 cm³/mol. The van der Waals surface area contributed by atoms with Gasteiger partial charge in [0.25, 0.3) is 5.91 Å². The fourth-order valence-electron chi connectivity index (χ4n) is 2.50. The lowest BCUT2D eigenvalue weighted by Gasteiger charge is -2.09. The lowest BCUT2D eigenvalue weighted by Crippen LogP contribution is -2.18. The molecule has 0 radical (unpaired) electrons. The molecule has 0 unspecified atom stereocenters. The van der Waals surface area contributed by atoms with E-state index in [9.17, 15) is 4.79 Å². The molecule has 0 aliphatic carbocycles. The number of aromatic nitrogens is 1. The van der Waals surface area contributed by atoms with Crippen LogP contribution in [-0.4, -0.2) is 15.6 Å². The summed E-state index contributed by atoms with van der Waals surface area (Å²) >= 11 is 3.45. The summed E-state index contributed by atoms with van der Waals surface area (Å²) in [6.07, 6.45) is 1.85. The first kappa shape index (κ1) is 15.4. The number of thioether (sulfide) groups is 1. The number of aryl methyl sites for hydroxylation is 1. The average molecular weight is 423 g/mol. The first-order valence-corrected chi connectivity index (χ1v) is 8.59. The number of nitrogens with one attached hydrogen (secondary N) is 2. The van der Waals surface area contributed by atoms with E-state index in [0.29, 0.717) is 4.91 Å². The Morgan fingerprint density at radius 2 is 1.95 bits per heavy atom. The third kappa shape index (κ3) is 2.85. The third-order valence-corrected chi connectivity index (χ3v) is 5.05. The zero-order chi connectivity index (χ0) is 15.9. The van der Waals surface area contributed by atoms with E-state index in [1.54, 1.807) is 0 Å². The van der Waals surface area contributed by atoms with Crippen molar-refractivity contribution < 1.29 is 4.79 Å². The molecule has 1 fully saturated rings. The fraction of sp³-hybridized carbons (Fsp3) is 0.125. The van der Waals surface area contributed by atoms with Crippen molar-refractivity contribution in [1.82, 2.24) is 9.88 Å². The van der Waals surface area contributed by atoms with E-state index in [1.807, 2.05) is 13.0 Å². The van der Waals surface area contributed by atoms with Crippen LogP contribution in [0.2, 0.25) is 0 Å². The van der Waals surface area contributed by atoms with E-state index >= 15 is 0 Å². The van der Waals surface area contributed by atoms with Gasteiger partial charge in [-0.05, 0) is 90.2 Å². The average Bonchev–Trinajstić information content (AvgIpc) is 2.92. The van der Waals surface area contributed by atoms with Crippen LogP contribution in [0.5, 0.6) is 0 Å². The molecule has 6 heteroatoms. The van der Waals surface area contributed by atoms with Gasteiger partial charge in [-0.1, -0.05) is 0 Å². The van der Waals surface area contributed by atoms with Crippen LogP contribution in [-0.2, 0) is 4.79 Å². The van der Waals surface area contributed by atoms with Crippen molar-refractivity contribution in [3.05, 3.63) is 55.8 Å². The first-order chi connectivity index (χ1) is 10.5. The highest BCUT2D eigenvalue weighted by Crippen LogP contribution is 2.28. The summed E-state index contributed by atoms with van der Waals surface area (Å²) in [7, 11) is 0. The second-order valence-electron chi connectivity index (χ2n) is 5.03. The highest BCUT2D eigenvalue weighted by atomic mass is 127. The molecule has 2 aromatic rings. The Hall–Kier alpha value is -1.54. The molecular weight excluding hydrogens is 409 g/mol. The van der Waals surface area contributed by atoms with Crippen molar-refractivity contribution in [2.45, 2.75) is 13.8 Å². The summed E-state index contributed by atoms with van der Waals surface area (Å²) in [5, 5.41) is 10.2. The Bertz CT molecular complexity index is 806. The van der Waals surface area contributed by atoms with Crippen LogP contribution in [0, 0.1) is 22.8 Å². The van der Waals surface area contributed by atoms with Gasteiger partial charge in [0.2, 0.25) is 0 Å². The smallest absolute Gasteiger partial charge is 0.264 e. The van der Waals surface area contributed by atoms with Crippen LogP contribution in [0.3, 0.4) is 0 Å². The molecule has 0 atom stereocenters. The SMILES string of the molecule is Cc1cc(/C=C2/SC(=N)NC2=O)c(C)n1-c1ccc(I)cc1. The van der Waals surface area contributed by atoms with Crippen molar-refractivity contribution in [3.63, 3.8) is 0 Å². The van der Waals surface area contributed by atoms with Crippen molar-refractivity contribution in [3.8, 4) is 5.69 Å². The summed E-state index contributed by atoms with van der Waals surface area (Å²) in [4.78, 5) is 12.3. The van der Waals surface area contributed by atoms with Gasteiger partial charge in [-0.3, -0.25) is 10.2 Å². The molecule has 1 aliphatic rings. The van der Waals surface area contributed by atoms with Gasteiger partial charge in [-0.2, -0.15) is 0 Å². The Kier molecular flexibility index (Phi) is 4.14. The van der Waals surface area contributed by atoms with E-state index in [4.69, 9.17) is 5.41 Å². The van der Waals surface area contributed by atoms with Gasteiger partial charge in [0, 0.05) is 20.6 Å². The monoisotopic (exact) mass is 423 g/mol. The lowest BCUT2D eigenvalue weighted by atomic mass is 10.2. The molecule has 1 aromatic heterocycles. The molecule has 0 spiro atoms. The molecular formula is C16H14IN3OS. The van der Waals surface area contributed by atoms with Crippen LogP contribution in [0.25, 0.3) is 11.8 Å². The molecule has 2 N–H and O–H groups in total. The lowest BCUT2D eigenvalue weighted by molar-refractivity contribution is -0.115. The second-order valence-corrected chi connectivity index (χ2v) is 7.33. The third-order valence-electron chi connectivity index (χ3n) is 3.50. The number of carbonyl (C=O) groups excluding carboxylic acids is 1. The van der Waals surface area contributed by atoms with Crippen LogP contribution in [0.4, 0.5) is 0 Å². The van der Waals surface area contributed by atoms with E-state index in [1.165, 1.54) is 3.57 Å². The maximum atomic E-state index is 11.8. The Balaban J connectivity index is 2.04. The predicted octanol–water partition coefficient (Wildman–Crippen LogP) is 3.84. The van der Waals surface area contributed by atoms with Gasteiger partial charge in [0.15, 0.2) is 5.17 Å². The molecule has 1 amide bonds. The van der Waals surface area contributed by atoms with Crippen LogP contribution in [0.15, 0.2) is 35.2 Å². The fourth-order valence-corrected chi connectivity index (χ4v) is 3.56. The molecule has 1 aromatic carbocycles. The number of nitrogens with zero attached hydrogens (tertiary/aromatic N) is 1. The number of carbonyl (C=O) groups is 1. The minimum absolute atomic E-state index is 0.183. The first-order valence-electron chi connectivity index (χ1n) is 6.70. The minimum atomic E-state index is -0.200. The number of hydrogen-bond donors (Lipinski definition) is 2. The highest BCUT2D eigenvalue weighted by molar-refractivity contribution is 14.1. The molecule has 2 heterocycles. The van der Waals surface area contributed by atoms with Crippen molar-refractivity contribution in [2.24, 2.45) is 0 Å². The Labute approximate surface area is 146 Å². The van der Waals surface area contributed by atoms with Gasteiger partial charge in [0.05, 0.1) is 4.91 Å². The largest absolute Gasteiger partial charge is 0.318 e. The normalized spacial score (nSPS) is 16.4. The van der Waals surface area contributed by atoms with Crippen LogP contribution >= 0.6 is 34.4 Å². The molecule has 3 rings (SSSR count). The van der Waals surface area contributed by atoms with Gasteiger partial charge in [0.1, 0.15) is 0 Å². The zero-order valence-corrected chi connectivity index (χ0v) is 15.1. The van der Waals surface area contributed by atoms with E-state index < -0.39 is 0 Å². The van der Waals surface area contributed by atoms with Crippen molar-refractivity contribution in [1.29, 1.82) is 5.41 Å². The number of amides is 1. The Morgan fingerprint density at radius 3 is 2.55 bits per heavy atom. The van der Waals surface area contributed by atoms with Crippen LogP contribution < -0.4 is 5.32 Å². The standard InChI is InChI=1S/C16H14IN3OS/c1-9-7-11(8-14-15(21)19-16(18)22-14)10(2)20(9)13-5-3-12(17)4-6-13/h3-8H,1-2H3,(H2,18,19,21)/b14-8+. The summed E-state index contributed by atoms with van der Waals surface area (Å²) in [6, 6.07) is 10.4. The van der Waals surface area contributed by atoms with E-state index in [0.717, 1.165) is 34.4 Å². The van der Waals surface area contributed by atoms with Gasteiger partial charge in [-0.15, -0.1) is 0 Å². The number of benzene rings is 1. The number of halogens is 1. The molecule has 1 aliphatic heterocycles. The van der Waals surface area contributed by atoms with Crippen LogP contribution in [0.1, 0.15) is 17.0 Å².